The first kappa shape index (κ1) is 12.8. The first-order chi connectivity index (χ1) is 8.72. The van der Waals surface area contributed by atoms with Crippen molar-refractivity contribution in [1.29, 1.82) is 0 Å². The van der Waals surface area contributed by atoms with Crippen LogP contribution in [0.3, 0.4) is 0 Å². The van der Waals surface area contributed by atoms with E-state index >= 15 is 0 Å². The maximum atomic E-state index is 13.7. The van der Waals surface area contributed by atoms with E-state index in [2.05, 4.69) is 4.98 Å². The van der Waals surface area contributed by atoms with Gasteiger partial charge in [0, 0.05) is 12.7 Å². The topological polar surface area (TPSA) is 48.1 Å². The summed E-state index contributed by atoms with van der Waals surface area (Å²) in [7, 11) is 0. The lowest BCUT2D eigenvalue weighted by molar-refractivity contribution is 0.200. The molecule has 0 bridgehead atoms. The molecule has 2 rings (SSSR count). The molecular formula is C13H12ClFN2O. The number of ether oxygens (including phenoxy) is 1. The van der Waals surface area contributed by atoms with Gasteiger partial charge in [-0.1, -0.05) is 23.7 Å². The number of nitrogens with two attached hydrogens (primary N) is 1. The summed E-state index contributed by atoms with van der Waals surface area (Å²) < 4.78 is 19.2. The van der Waals surface area contributed by atoms with Gasteiger partial charge in [-0.25, -0.2) is 4.39 Å². The molecule has 1 atom stereocenters. The summed E-state index contributed by atoms with van der Waals surface area (Å²) in [6, 6.07) is 9.97. The molecule has 5 heteroatoms. The quantitative estimate of drug-likeness (QED) is 0.926. The molecule has 2 N–H and O–H groups in total. The molecular weight excluding hydrogens is 255 g/mol. The third kappa shape index (κ3) is 2.78. The van der Waals surface area contributed by atoms with Gasteiger partial charge in [-0.3, -0.25) is 4.98 Å². The smallest absolute Gasteiger partial charge is 0.183 e. The number of halogens is 2. The maximum absolute atomic E-state index is 13.7. The van der Waals surface area contributed by atoms with E-state index < -0.39 is 11.9 Å². The van der Waals surface area contributed by atoms with Gasteiger partial charge in [-0.2, -0.15) is 0 Å². The zero-order valence-electron chi connectivity index (χ0n) is 9.51. The largest absolute Gasteiger partial charge is 0.480 e. The van der Waals surface area contributed by atoms with Gasteiger partial charge in [0.05, 0.1) is 10.7 Å². The molecule has 0 radical (unpaired) electrons. The Labute approximate surface area is 109 Å². The molecule has 1 heterocycles. The Morgan fingerprint density at radius 3 is 2.78 bits per heavy atom. The van der Waals surface area contributed by atoms with Crippen LogP contribution in [0.15, 0.2) is 42.6 Å². The fourth-order valence-corrected chi connectivity index (χ4v) is 1.69. The van der Waals surface area contributed by atoms with Crippen molar-refractivity contribution in [2.75, 3.05) is 6.54 Å². The number of aromatic nitrogens is 1. The van der Waals surface area contributed by atoms with Crippen LogP contribution >= 0.6 is 11.6 Å². The standard InChI is InChI=1S/C13H12ClFN2O/c14-9-4-3-6-11(13(9)15)18-12(8-16)10-5-1-2-7-17-10/h1-7,12H,8,16H2. The second-order valence-electron chi connectivity index (χ2n) is 3.65. The van der Waals surface area contributed by atoms with Crippen LogP contribution in [0.25, 0.3) is 0 Å². The Morgan fingerprint density at radius 2 is 2.11 bits per heavy atom. The highest BCUT2D eigenvalue weighted by atomic mass is 35.5. The molecule has 3 nitrogen and oxygen atoms in total. The molecule has 1 unspecified atom stereocenters. The van der Waals surface area contributed by atoms with Crippen LogP contribution in [-0.4, -0.2) is 11.5 Å². The molecule has 18 heavy (non-hydrogen) atoms. The van der Waals surface area contributed by atoms with Crippen molar-refractivity contribution in [2.24, 2.45) is 5.73 Å². The molecule has 2 aromatic rings. The average Bonchev–Trinajstić information content (AvgIpc) is 2.41. The van der Waals surface area contributed by atoms with Crippen molar-refractivity contribution in [2.45, 2.75) is 6.10 Å². The monoisotopic (exact) mass is 266 g/mol. The minimum atomic E-state index is -0.589. The van der Waals surface area contributed by atoms with Crippen molar-refractivity contribution in [1.82, 2.24) is 4.98 Å². The summed E-state index contributed by atoms with van der Waals surface area (Å²) in [5.41, 5.74) is 6.27. The van der Waals surface area contributed by atoms with E-state index in [1.165, 1.54) is 12.1 Å². The normalized spacial score (nSPS) is 12.2. The summed E-state index contributed by atoms with van der Waals surface area (Å²) in [6.07, 6.45) is 1.13. The van der Waals surface area contributed by atoms with E-state index in [0.717, 1.165) is 0 Å². The van der Waals surface area contributed by atoms with Crippen molar-refractivity contribution in [3.63, 3.8) is 0 Å². The van der Waals surface area contributed by atoms with E-state index in [-0.39, 0.29) is 17.3 Å². The van der Waals surface area contributed by atoms with E-state index in [0.29, 0.717) is 5.69 Å². The Balaban J connectivity index is 2.24. The second kappa shape index (κ2) is 5.80. The molecule has 0 aliphatic carbocycles. The van der Waals surface area contributed by atoms with Crippen molar-refractivity contribution >= 4 is 11.6 Å². The highest BCUT2D eigenvalue weighted by Gasteiger charge is 2.16. The van der Waals surface area contributed by atoms with E-state index in [1.807, 2.05) is 6.07 Å². The number of nitrogens with zero attached hydrogens (tertiary/aromatic N) is 1. The molecule has 0 saturated carbocycles. The van der Waals surface area contributed by atoms with Crippen LogP contribution in [0.1, 0.15) is 11.8 Å². The van der Waals surface area contributed by atoms with E-state index in [9.17, 15) is 4.39 Å². The SMILES string of the molecule is NCC(Oc1cccc(Cl)c1F)c1ccccn1. The van der Waals surface area contributed by atoms with E-state index in [4.69, 9.17) is 22.1 Å². The van der Waals surface area contributed by atoms with Gasteiger partial charge in [0.25, 0.3) is 0 Å². The molecule has 94 valence electrons. The summed E-state index contributed by atoms with van der Waals surface area (Å²) >= 11 is 5.68. The van der Waals surface area contributed by atoms with Crippen LogP contribution in [-0.2, 0) is 0 Å². The average molecular weight is 267 g/mol. The zero-order valence-corrected chi connectivity index (χ0v) is 10.3. The van der Waals surface area contributed by atoms with Crippen molar-refractivity contribution < 1.29 is 9.13 Å². The second-order valence-corrected chi connectivity index (χ2v) is 4.06. The number of benzene rings is 1. The predicted octanol–water partition coefficient (Wildman–Crippen LogP) is 2.95. The third-order valence-corrected chi connectivity index (χ3v) is 2.71. The molecule has 0 aliphatic heterocycles. The molecule has 0 amide bonds. The summed E-state index contributed by atoms with van der Waals surface area (Å²) in [6.45, 7) is 0.197. The molecule has 1 aromatic heterocycles. The van der Waals surface area contributed by atoms with Gasteiger partial charge >= 0.3 is 0 Å². The van der Waals surface area contributed by atoms with Crippen LogP contribution in [0.2, 0.25) is 5.02 Å². The zero-order chi connectivity index (χ0) is 13.0. The fourth-order valence-electron chi connectivity index (χ4n) is 1.52. The predicted molar refractivity (Wildman–Crippen MR) is 68.1 cm³/mol. The molecule has 0 saturated heterocycles. The summed E-state index contributed by atoms with van der Waals surface area (Å²) in [5.74, 6) is -0.517. The lowest BCUT2D eigenvalue weighted by Crippen LogP contribution is -2.19. The number of pyridine rings is 1. The Kier molecular flexibility index (Phi) is 4.12. The van der Waals surface area contributed by atoms with Crippen LogP contribution in [0.4, 0.5) is 4.39 Å². The minimum absolute atomic E-state index is 0.0179. The number of hydrogen-bond acceptors (Lipinski definition) is 3. The Morgan fingerprint density at radius 1 is 1.28 bits per heavy atom. The van der Waals surface area contributed by atoms with Gasteiger partial charge in [-0.05, 0) is 24.3 Å². The van der Waals surface area contributed by atoms with Crippen LogP contribution < -0.4 is 10.5 Å². The van der Waals surface area contributed by atoms with Gasteiger partial charge in [0.15, 0.2) is 17.7 Å². The lowest BCUT2D eigenvalue weighted by Gasteiger charge is -2.17. The van der Waals surface area contributed by atoms with E-state index in [1.54, 1.807) is 24.4 Å². The molecule has 0 spiro atoms. The van der Waals surface area contributed by atoms with Crippen molar-refractivity contribution in [3.05, 3.63) is 59.1 Å². The Hall–Kier alpha value is -1.65. The van der Waals surface area contributed by atoms with Crippen molar-refractivity contribution in [3.8, 4) is 5.75 Å². The van der Waals surface area contributed by atoms with Crippen LogP contribution in [0, 0.1) is 5.82 Å². The summed E-state index contributed by atoms with van der Waals surface area (Å²) in [5, 5.41) is 0.0179. The third-order valence-electron chi connectivity index (χ3n) is 2.42. The number of rotatable bonds is 4. The highest BCUT2D eigenvalue weighted by molar-refractivity contribution is 6.30. The van der Waals surface area contributed by atoms with Crippen LogP contribution in [0.5, 0.6) is 5.75 Å². The highest BCUT2D eigenvalue weighted by Crippen LogP contribution is 2.27. The van der Waals surface area contributed by atoms with Gasteiger partial charge < -0.3 is 10.5 Å². The Bertz CT molecular complexity index is 522. The van der Waals surface area contributed by atoms with Gasteiger partial charge in [0.2, 0.25) is 0 Å². The first-order valence-electron chi connectivity index (χ1n) is 5.44. The first-order valence-corrected chi connectivity index (χ1v) is 5.82. The summed E-state index contributed by atoms with van der Waals surface area (Å²) in [4.78, 5) is 4.14. The molecule has 0 fully saturated rings. The molecule has 0 aliphatic rings. The fraction of sp³-hybridized carbons (Fsp3) is 0.154. The van der Waals surface area contributed by atoms with Gasteiger partial charge in [0.1, 0.15) is 0 Å². The molecule has 1 aromatic carbocycles. The lowest BCUT2D eigenvalue weighted by atomic mass is 10.2. The van der Waals surface area contributed by atoms with Gasteiger partial charge in [-0.15, -0.1) is 0 Å². The maximum Gasteiger partial charge on any atom is 0.183 e. The number of hydrogen-bond donors (Lipinski definition) is 1. The minimum Gasteiger partial charge on any atom is -0.480 e.